The summed E-state index contributed by atoms with van der Waals surface area (Å²) < 4.78 is 15.9. The van der Waals surface area contributed by atoms with Crippen LogP contribution in [0.2, 0.25) is 0 Å². The fourth-order valence-corrected chi connectivity index (χ4v) is 1.82. The van der Waals surface area contributed by atoms with Crippen molar-refractivity contribution in [3.63, 3.8) is 0 Å². The molecule has 0 unspecified atom stereocenters. The van der Waals surface area contributed by atoms with E-state index in [1.165, 1.54) is 0 Å². The van der Waals surface area contributed by atoms with Gasteiger partial charge in [0, 0.05) is 0 Å². The van der Waals surface area contributed by atoms with Crippen LogP contribution < -0.4 is 19.9 Å². The Morgan fingerprint density at radius 1 is 0.905 bits per heavy atom. The fraction of sp³-hybridized carbons (Fsp3) is 0.200. The SMILES string of the molecule is COc1cc(/C=C/c2ccc(N)nn2)cc(OC)c1OC. The van der Waals surface area contributed by atoms with Crippen molar-refractivity contribution in [3.05, 3.63) is 35.5 Å². The van der Waals surface area contributed by atoms with Crippen molar-refractivity contribution >= 4 is 18.0 Å². The van der Waals surface area contributed by atoms with Gasteiger partial charge in [-0.2, -0.15) is 0 Å². The van der Waals surface area contributed by atoms with Gasteiger partial charge in [0.1, 0.15) is 5.82 Å². The first kappa shape index (κ1) is 14.6. The van der Waals surface area contributed by atoms with Gasteiger partial charge in [0.2, 0.25) is 5.75 Å². The summed E-state index contributed by atoms with van der Waals surface area (Å²) in [6.07, 6.45) is 3.71. The number of benzene rings is 1. The lowest BCUT2D eigenvalue weighted by atomic mass is 10.1. The van der Waals surface area contributed by atoms with Crippen LogP contribution >= 0.6 is 0 Å². The Bertz CT molecular complexity index is 614. The molecule has 0 saturated heterocycles. The fourth-order valence-electron chi connectivity index (χ4n) is 1.82. The number of ether oxygens (including phenoxy) is 3. The molecule has 0 saturated carbocycles. The first-order chi connectivity index (χ1) is 10.2. The van der Waals surface area contributed by atoms with E-state index in [1.807, 2.05) is 24.3 Å². The highest BCUT2D eigenvalue weighted by Gasteiger charge is 2.11. The van der Waals surface area contributed by atoms with E-state index in [9.17, 15) is 0 Å². The molecule has 1 aromatic heterocycles. The number of hydrogen-bond acceptors (Lipinski definition) is 6. The van der Waals surface area contributed by atoms with E-state index in [4.69, 9.17) is 19.9 Å². The molecular formula is C15H17N3O3. The summed E-state index contributed by atoms with van der Waals surface area (Å²) in [6, 6.07) is 7.18. The van der Waals surface area contributed by atoms with Crippen LogP contribution in [-0.2, 0) is 0 Å². The largest absolute Gasteiger partial charge is 0.493 e. The summed E-state index contributed by atoms with van der Waals surface area (Å²) in [5.74, 6) is 2.14. The summed E-state index contributed by atoms with van der Waals surface area (Å²) >= 11 is 0. The standard InChI is InChI=1S/C15H17N3O3/c1-19-12-8-10(9-13(20-2)15(12)21-3)4-5-11-6-7-14(16)18-17-11/h4-9H,1-3H3,(H2,16,18)/b5-4+. The van der Waals surface area contributed by atoms with Crippen molar-refractivity contribution < 1.29 is 14.2 Å². The van der Waals surface area contributed by atoms with Crippen molar-refractivity contribution in [1.29, 1.82) is 0 Å². The number of nitrogens with zero attached hydrogens (tertiary/aromatic N) is 2. The lowest BCUT2D eigenvalue weighted by Gasteiger charge is -2.12. The molecular weight excluding hydrogens is 270 g/mol. The minimum atomic E-state index is 0.389. The Kier molecular flexibility index (Phi) is 4.61. The second-order valence-corrected chi connectivity index (χ2v) is 4.18. The highest BCUT2D eigenvalue weighted by Crippen LogP contribution is 2.38. The van der Waals surface area contributed by atoms with Gasteiger partial charge in [-0.3, -0.25) is 0 Å². The smallest absolute Gasteiger partial charge is 0.203 e. The average molecular weight is 287 g/mol. The zero-order valence-corrected chi connectivity index (χ0v) is 12.2. The molecule has 6 heteroatoms. The van der Waals surface area contributed by atoms with Crippen LogP contribution in [-0.4, -0.2) is 31.5 Å². The number of hydrogen-bond donors (Lipinski definition) is 1. The highest BCUT2D eigenvalue weighted by atomic mass is 16.5. The second kappa shape index (κ2) is 6.60. The second-order valence-electron chi connectivity index (χ2n) is 4.18. The average Bonchev–Trinajstić information content (AvgIpc) is 2.53. The van der Waals surface area contributed by atoms with Crippen molar-refractivity contribution in [2.45, 2.75) is 0 Å². The molecule has 0 bridgehead atoms. The molecule has 2 rings (SSSR count). The predicted octanol–water partition coefficient (Wildman–Crippen LogP) is 2.25. The Labute approximate surface area is 123 Å². The monoisotopic (exact) mass is 287 g/mol. The molecule has 0 fully saturated rings. The summed E-state index contributed by atoms with van der Waals surface area (Å²) in [6.45, 7) is 0. The molecule has 1 aromatic carbocycles. The number of nitrogens with two attached hydrogens (primary N) is 1. The molecule has 0 aliphatic heterocycles. The molecule has 0 spiro atoms. The summed E-state index contributed by atoms with van der Waals surface area (Å²) in [5.41, 5.74) is 7.10. The highest BCUT2D eigenvalue weighted by molar-refractivity contribution is 5.71. The van der Waals surface area contributed by atoms with Crippen LogP contribution in [0.5, 0.6) is 17.2 Å². The predicted molar refractivity (Wildman–Crippen MR) is 81.5 cm³/mol. The van der Waals surface area contributed by atoms with E-state index >= 15 is 0 Å². The van der Waals surface area contributed by atoms with Crippen LogP contribution in [0, 0.1) is 0 Å². The quantitative estimate of drug-likeness (QED) is 0.908. The third-order valence-corrected chi connectivity index (χ3v) is 2.84. The van der Waals surface area contributed by atoms with Crippen LogP contribution in [0.1, 0.15) is 11.3 Å². The molecule has 6 nitrogen and oxygen atoms in total. The van der Waals surface area contributed by atoms with Crippen molar-refractivity contribution in [3.8, 4) is 17.2 Å². The van der Waals surface area contributed by atoms with Crippen LogP contribution in [0.4, 0.5) is 5.82 Å². The molecule has 0 radical (unpaired) electrons. The molecule has 0 amide bonds. The van der Waals surface area contributed by atoms with Gasteiger partial charge in [0.15, 0.2) is 11.5 Å². The number of anilines is 1. The van der Waals surface area contributed by atoms with Crippen molar-refractivity contribution in [1.82, 2.24) is 10.2 Å². The van der Waals surface area contributed by atoms with Gasteiger partial charge in [-0.05, 0) is 35.9 Å². The maximum Gasteiger partial charge on any atom is 0.203 e. The van der Waals surface area contributed by atoms with Crippen LogP contribution in [0.15, 0.2) is 24.3 Å². The summed E-state index contributed by atoms with van der Waals surface area (Å²) in [5, 5.41) is 7.76. The van der Waals surface area contributed by atoms with E-state index in [-0.39, 0.29) is 0 Å². The molecule has 1 heterocycles. The Hall–Kier alpha value is -2.76. The van der Waals surface area contributed by atoms with E-state index in [0.29, 0.717) is 28.8 Å². The Morgan fingerprint density at radius 3 is 2.05 bits per heavy atom. The topological polar surface area (TPSA) is 79.5 Å². The molecule has 0 aliphatic rings. The normalized spacial score (nSPS) is 10.6. The van der Waals surface area contributed by atoms with Gasteiger partial charge >= 0.3 is 0 Å². The van der Waals surface area contributed by atoms with E-state index < -0.39 is 0 Å². The zero-order chi connectivity index (χ0) is 15.2. The van der Waals surface area contributed by atoms with Gasteiger partial charge in [-0.1, -0.05) is 6.08 Å². The number of rotatable bonds is 5. The third kappa shape index (κ3) is 3.42. The molecule has 21 heavy (non-hydrogen) atoms. The first-order valence-corrected chi connectivity index (χ1v) is 6.25. The minimum absolute atomic E-state index is 0.389. The molecule has 0 aliphatic carbocycles. The third-order valence-electron chi connectivity index (χ3n) is 2.84. The lowest BCUT2D eigenvalue weighted by molar-refractivity contribution is 0.324. The molecule has 110 valence electrons. The van der Waals surface area contributed by atoms with Crippen molar-refractivity contribution in [2.75, 3.05) is 27.1 Å². The minimum Gasteiger partial charge on any atom is -0.493 e. The van der Waals surface area contributed by atoms with Gasteiger partial charge in [0.25, 0.3) is 0 Å². The van der Waals surface area contributed by atoms with Crippen LogP contribution in [0.3, 0.4) is 0 Å². The van der Waals surface area contributed by atoms with Gasteiger partial charge in [0.05, 0.1) is 27.0 Å². The summed E-state index contributed by atoms with van der Waals surface area (Å²) in [4.78, 5) is 0. The first-order valence-electron chi connectivity index (χ1n) is 6.25. The molecule has 2 N–H and O–H groups in total. The van der Waals surface area contributed by atoms with E-state index in [0.717, 1.165) is 5.56 Å². The molecule has 2 aromatic rings. The van der Waals surface area contributed by atoms with Gasteiger partial charge in [-0.25, -0.2) is 0 Å². The van der Waals surface area contributed by atoms with E-state index in [1.54, 1.807) is 33.5 Å². The molecule has 0 atom stereocenters. The van der Waals surface area contributed by atoms with Crippen molar-refractivity contribution in [2.24, 2.45) is 0 Å². The van der Waals surface area contributed by atoms with Gasteiger partial charge in [-0.15, -0.1) is 10.2 Å². The number of aromatic nitrogens is 2. The number of nitrogen functional groups attached to an aromatic ring is 1. The van der Waals surface area contributed by atoms with Gasteiger partial charge < -0.3 is 19.9 Å². The zero-order valence-electron chi connectivity index (χ0n) is 12.2. The van der Waals surface area contributed by atoms with E-state index in [2.05, 4.69) is 10.2 Å². The maximum atomic E-state index is 5.50. The number of methoxy groups -OCH3 is 3. The van der Waals surface area contributed by atoms with Crippen LogP contribution in [0.25, 0.3) is 12.2 Å². The Balaban J connectivity index is 2.33. The Morgan fingerprint density at radius 2 is 1.57 bits per heavy atom. The lowest BCUT2D eigenvalue weighted by Crippen LogP contribution is -1.95. The maximum absolute atomic E-state index is 5.50. The summed E-state index contributed by atoms with van der Waals surface area (Å²) in [7, 11) is 4.73.